The highest BCUT2D eigenvalue weighted by molar-refractivity contribution is 5.77. The van der Waals surface area contributed by atoms with E-state index in [0.29, 0.717) is 0 Å². The average molecular weight is 543 g/mol. The van der Waals surface area contributed by atoms with Crippen molar-refractivity contribution in [3.05, 3.63) is 0 Å². The van der Waals surface area contributed by atoms with Gasteiger partial charge in [-0.15, -0.1) is 34.6 Å². The Morgan fingerprint density at radius 3 is 0.970 bits per heavy atom. The van der Waals surface area contributed by atoms with E-state index in [9.17, 15) is 71.6 Å². The molecule has 0 amide bonds. The van der Waals surface area contributed by atoms with Crippen LogP contribution in [0.1, 0.15) is 0 Å². The normalized spacial score (nSPS) is 23.5. The maximum Gasteiger partial charge on any atom is 0.454 e. The van der Waals surface area contributed by atoms with Crippen molar-refractivity contribution in [2.24, 2.45) is 0 Å². The van der Waals surface area contributed by atoms with Gasteiger partial charge in [-0.25, -0.2) is 4.79 Å². The van der Waals surface area contributed by atoms with Crippen molar-refractivity contribution in [3.8, 4) is 0 Å². The molecule has 0 aromatic heterocycles. The molecule has 0 saturated carbocycles. The number of carboxylic acids is 1. The van der Waals surface area contributed by atoms with E-state index in [1.807, 2.05) is 0 Å². The highest BCUT2D eigenvalue weighted by atomic mass is 19.4. The van der Waals surface area contributed by atoms with Crippen LogP contribution in [0, 0.1) is 0 Å². The van der Waals surface area contributed by atoms with E-state index in [0.717, 1.165) is 4.94 Å². The van der Waals surface area contributed by atoms with Crippen molar-refractivity contribution in [1.82, 2.24) is 6.15 Å². The summed E-state index contributed by atoms with van der Waals surface area (Å²) < 4.78 is 197. The highest BCUT2D eigenvalue weighted by Crippen LogP contribution is 2.62. The first-order chi connectivity index (χ1) is 14.4. The third kappa shape index (κ3) is 3.80. The monoisotopic (exact) mass is 543 g/mol. The Morgan fingerprint density at radius 2 is 0.758 bits per heavy atom. The van der Waals surface area contributed by atoms with Crippen LogP contribution < -0.4 is 6.15 Å². The molecule has 4 N–H and O–H groups in total. The van der Waals surface area contributed by atoms with E-state index < -0.39 is 47.2 Å². The number of carbonyl (C=O) groups is 1. The fourth-order valence-electron chi connectivity index (χ4n) is 1.78. The molecule has 200 valence electrons. The van der Waals surface area contributed by atoms with Gasteiger partial charge in [0.15, 0.2) is 0 Å². The Hall–Kier alpha value is -1.90. The standard InChI is InChI=1S/C8HF15O9.H3N/c9-2(26-17,1(24)25)3(10,27-18)4(11,28-19)5(12,29-20)6(13,30-21)7(14,31-22)8(15,16)32-23;/h(H,24,25);1H3. The molecule has 33 heavy (non-hydrogen) atoms. The first-order valence-corrected chi connectivity index (χ1v) is 6.20. The number of carboxylic acid groups (broad SMARTS) is 1. The predicted octanol–water partition coefficient (Wildman–Crippen LogP) is 4.13. The molecule has 0 aromatic rings. The molecule has 0 rings (SSSR count). The number of aliphatic carboxylic acids is 1. The Labute approximate surface area is 166 Å². The van der Waals surface area contributed by atoms with Gasteiger partial charge in [0.05, 0.1) is 0 Å². The molecular formula is C8H4F15NO9. The minimum atomic E-state index is -7.93. The predicted molar refractivity (Wildman–Crippen MR) is 56.0 cm³/mol. The molecule has 0 aliphatic heterocycles. The molecule has 0 aromatic carbocycles. The number of rotatable bonds is 14. The summed E-state index contributed by atoms with van der Waals surface area (Å²) in [5, 5.41) is 8.15. The first-order valence-electron chi connectivity index (χ1n) is 6.20. The van der Waals surface area contributed by atoms with Crippen molar-refractivity contribution in [1.29, 1.82) is 0 Å². The van der Waals surface area contributed by atoms with Gasteiger partial charge in [-0.3, -0.25) is 0 Å². The summed E-state index contributed by atoms with van der Waals surface area (Å²) in [6.45, 7) is 0. The van der Waals surface area contributed by atoms with Gasteiger partial charge < -0.3 is 11.3 Å². The maximum absolute atomic E-state index is 14.5. The molecule has 0 fully saturated rings. The Morgan fingerprint density at radius 1 is 0.485 bits per heavy atom. The second-order valence-corrected chi connectivity index (χ2v) is 4.93. The van der Waals surface area contributed by atoms with Crippen LogP contribution in [0.4, 0.5) is 66.8 Å². The van der Waals surface area contributed by atoms with Crippen LogP contribution in [0.5, 0.6) is 0 Å². The molecule has 0 saturated heterocycles. The van der Waals surface area contributed by atoms with E-state index in [1.54, 1.807) is 0 Å². The largest absolute Gasteiger partial charge is 0.477 e. The molecule has 0 aliphatic carbocycles. The van der Waals surface area contributed by atoms with E-state index in [1.165, 1.54) is 29.6 Å². The van der Waals surface area contributed by atoms with Gasteiger partial charge in [-0.1, -0.05) is 0 Å². The number of halogens is 15. The van der Waals surface area contributed by atoms with Crippen molar-refractivity contribution >= 4 is 5.97 Å². The smallest absolute Gasteiger partial charge is 0.454 e. The minimum Gasteiger partial charge on any atom is -0.477 e. The lowest BCUT2D eigenvalue weighted by molar-refractivity contribution is -0.622. The van der Waals surface area contributed by atoms with Gasteiger partial charge in [0.2, 0.25) is 0 Å². The van der Waals surface area contributed by atoms with Gasteiger partial charge in [0.25, 0.3) is 0 Å². The lowest BCUT2D eigenvalue weighted by atomic mass is 9.86. The van der Waals surface area contributed by atoms with Gasteiger partial charge >= 0.3 is 47.2 Å². The molecule has 6 unspecified atom stereocenters. The molecule has 6 atom stereocenters. The molecule has 0 radical (unpaired) electrons. The first kappa shape index (κ1) is 33.3. The van der Waals surface area contributed by atoms with Gasteiger partial charge in [0.1, 0.15) is 0 Å². The van der Waals surface area contributed by atoms with Crippen LogP contribution in [0.25, 0.3) is 0 Å². The number of alkyl halides is 8. The van der Waals surface area contributed by atoms with Crippen molar-refractivity contribution in [2.75, 3.05) is 0 Å². The maximum atomic E-state index is 14.5. The summed E-state index contributed by atoms with van der Waals surface area (Å²) in [5.41, 5.74) is 0. The van der Waals surface area contributed by atoms with Gasteiger partial charge in [-0.05, 0) is 31.7 Å². The van der Waals surface area contributed by atoms with Crippen LogP contribution in [0.3, 0.4) is 0 Å². The van der Waals surface area contributed by atoms with Crippen LogP contribution >= 0.6 is 0 Å². The lowest BCUT2D eigenvalue weighted by Gasteiger charge is -2.46. The third-order valence-electron chi connectivity index (χ3n) is 3.45. The van der Waals surface area contributed by atoms with Crippen LogP contribution in [0.2, 0.25) is 0 Å². The topological polar surface area (TPSA) is 137 Å². The molecule has 0 spiro atoms. The van der Waals surface area contributed by atoms with Crippen molar-refractivity contribution in [2.45, 2.75) is 41.2 Å². The Bertz CT molecular complexity index is 683. The number of hydrogen-bond donors (Lipinski definition) is 2. The van der Waals surface area contributed by atoms with E-state index in [2.05, 4.69) is 0 Å². The summed E-state index contributed by atoms with van der Waals surface area (Å²) >= 11 is 0. The van der Waals surface area contributed by atoms with Crippen molar-refractivity contribution < 1.29 is 111 Å². The van der Waals surface area contributed by atoms with Crippen LogP contribution in [0.15, 0.2) is 0 Å². The zero-order valence-electron chi connectivity index (χ0n) is 14.1. The second kappa shape index (κ2) is 10.2. The number of hydrogen-bond acceptors (Lipinski definition) is 9. The molecule has 0 heterocycles. The Balaban J connectivity index is 0. The zero-order valence-corrected chi connectivity index (χ0v) is 14.1. The van der Waals surface area contributed by atoms with E-state index >= 15 is 0 Å². The summed E-state index contributed by atoms with van der Waals surface area (Å²) in [6, 6.07) is 0. The summed E-state index contributed by atoms with van der Waals surface area (Å²) in [5.74, 6) is -49.7. The van der Waals surface area contributed by atoms with Crippen LogP contribution in [-0.4, -0.2) is 52.3 Å². The second-order valence-electron chi connectivity index (χ2n) is 4.93. The Kier molecular flexibility index (Phi) is 10.2. The van der Waals surface area contributed by atoms with Gasteiger partial charge in [-0.2, -0.15) is 35.1 Å². The summed E-state index contributed by atoms with van der Waals surface area (Å²) in [7, 11) is 0. The molecule has 0 aliphatic rings. The molecule has 0 bridgehead atoms. The molecule has 25 heteroatoms. The minimum absolute atomic E-state index is 0. The summed E-state index contributed by atoms with van der Waals surface area (Å²) in [4.78, 5) is 19.4. The highest BCUT2D eigenvalue weighted by Gasteiger charge is 2.97. The fraction of sp³-hybridized carbons (Fsp3) is 0.875. The molecular weight excluding hydrogens is 539 g/mol. The quantitative estimate of drug-likeness (QED) is 0.308. The summed E-state index contributed by atoms with van der Waals surface area (Å²) in [6.07, 6.45) is -7.28. The zero-order chi connectivity index (χ0) is 26.0. The average Bonchev–Trinajstić information content (AvgIpc) is 2.79. The molecule has 10 nitrogen and oxygen atoms in total. The van der Waals surface area contributed by atoms with E-state index in [-0.39, 0.29) is 6.15 Å². The van der Waals surface area contributed by atoms with Crippen LogP contribution in [-0.2, 0) is 39.4 Å². The third-order valence-corrected chi connectivity index (χ3v) is 3.45. The van der Waals surface area contributed by atoms with Gasteiger partial charge in [0, 0.05) is 0 Å². The SMILES string of the molecule is N.O=C(O)C(F)(OF)C(F)(OF)C(F)(OF)C(F)(OF)C(F)(OF)C(F)(OF)C(F)(F)OF. The van der Waals surface area contributed by atoms with Crippen molar-refractivity contribution in [3.63, 3.8) is 0 Å². The van der Waals surface area contributed by atoms with E-state index in [4.69, 9.17) is 5.11 Å². The lowest BCUT2D eigenvalue weighted by Crippen LogP contribution is -2.81. The fourth-order valence-corrected chi connectivity index (χ4v) is 1.78.